The summed E-state index contributed by atoms with van der Waals surface area (Å²) in [5.74, 6) is 1.71. The number of anilines is 1. The third-order valence-corrected chi connectivity index (χ3v) is 3.85. The zero-order valence-corrected chi connectivity index (χ0v) is 11.2. The molecule has 4 heteroatoms. The van der Waals surface area contributed by atoms with Gasteiger partial charge < -0.3 is 10.6 Å². The molecule has 1 saturated heterocycles. The van der Waals surface area contributed by atoms with Gasteiger partial charge in [-0.2, -0.15) is 0 Å². The third-order valence-electron chi connectivity index (χ3n) is 3.02. The van der Waals surface area contributed by atoms with E-state index in [1.54, 1.807) is 0 Å². The van der Waals surface area contributed by atoms with Crippen molar-refractivity contribution in [2.24, 2.45) is 5.92 Å². The Balaban J connectivity index is 1.86. The van der Waals surface area contributed by atoms with E-state index in [-0.39, 0.29) is 0 Å². The van der Waals surface area contributed by atoms with E-state index in [0.717, 1.165) is 29.3 Å². The molecule has 88 valence electrons. The summed E-state index contributed by atoms with van der Waals surface area (Å²) < 4.78 is 1.07. The van der Waals surface area contributed by atoms with E-state index in [1.165, 1.54) is 24.9 Å². The lowest BCUT2D eigenvalue weighted by atomic mass is 10.00. The van der Waals surface area contributed by atoms with Gasteiger partial charge >= 0.3 is 0 Å². The van der Waals surface area contributed by atoms with E-state index in [2.05, 4.69) is 44.5 Å². The highest BCUT2D eigenvalue weighted by Gasteiger charge is 2.12. The quantitative estimate of drug-likeness (QED) is 0.895. The largest absolute Gasteiger partial charge is 0.370 e. The number of nitrogens with zero attached hydrogens (tertiary/aromatic N) is 1. The highest BCUT2D eigenvalue weighted by atomic mass is 79.9. The van der Waals surface area contributed by atoms with E-state index in [4.69, 9.17) is 0 Å². The molecule has 16 heavy (non-hydrogen) atoms. The van der Waals surface area contributed by atoms with Crippen molar-refractivity contribution in [2.75, 3.05) is 25.0 Å². The molecule has 3 nitrogen and oxygen atoms in total. The molecule has 0 bridgehead atoms. The molecule has 1 atom stereocenters. The molecule has 1 aliphatic heterocycles. The Labute approximate surface area is 105 Å². The van der Waals surface area contributed by atoms with Crippen LogP contribution in [0.2, 0.25) is 0 Å². The number of piperidine rings is 1. The van der Waals surface area contributed by atoms with Crippen molar-refractivity contribution in [3.63, 3.8) is 0 Å². The first-order valence-electron chi connectivity index (χ1n) is 5.82. The van der Waals surface area contributed by atoms with Gasteiger partial charge in [0.1, 0.15) is 5.82 Å². The highest BCUT2D eigenvalue weighted by Crippen LogP contribution is 2.18. The number of aromatic nitrogens is 1. The van der Waals surface area contributed by atoms with Crippen molar-refractivity contribution < 1.29 is 0 Å². The second-order valence-electron chi connectivity index (χ2n) is 4.41. The molecule has 0 aliphatic carbocycles. The van der Waals surface area contributed by atoms with Gasteiger partial charge in [-0.1, -0.05) is 0 Å². The smallest absolute Gasteiger partial charge is 0.126 e. The number of rotatable bonds is 3. The first-order valence-corrected chi connectivity index (χ1v) is 6.62. The standard InChI is InChI=1S/C12H18BrN3/c1-9-5-12(16-8-11(9)13)15-7-10-3-2-4-14-6-10/h5,8,10,14H,2-4,6-7H2,1H3,(H,15,16). The molecule has 0 spiro atoms. The van der Waals surface area contributed by atoms with Gasteiger partial charge in [-0.3, -0.25) is 0 Å². The lowest BCUT2D eigenvalue weighted by molar-refractivity contribution is 0.392. The van der Waals surface area contributed by atoms with Gasteiger partial charge in [0.2, 0.25) is 0 Å². The monoisotopic (exact) mass is 283 g/mol. The molecular formula is C12H18BrN3. The lowest BCUT2D eigenvalue weighted by Crippen LogP contribution is -2.33. The van der Waals surface area contributed by atoms with E-state index < -0.39 is 0 Å². The van der Waals surface area contributed by atoms with Gasteiger partial charge in [0.05, 0.1) is 0 Å². The summed E-state index contributed by atoms with van der Waals surface area (Å²) in [5, 5.41) is 6.83. The van der Waals surface area contributed by atoms with Crippen LogP contribution >= 0.6 is 15.9 Å². The number of nitrogens with one attached hydrogen (secondary N) is 2. The summed E-state index contributed by atoms with van der Waals surface area (Å²) in [6.07, 6.45) is 4.46. The summed E-state index contributed by atoms with van der Waals surface area (Å²) in [5.41, 5.74) is 1.22. The first kappa shape index (κ1) is 11.9. The van der Waals surface area contributed by atoms with Crippen LogP contribution in [0.4, 0.5) is 5.82 Å². The molecule has 1 unspecified atom stereocenters. The molecule has 0 aromatic carbocycles. The summed E-state index contributed by atoms with van der Waals surface area (Å²) in [6, 6.07) is 2.08. The van der Waals surface area contributed by atoms with E-state index >= 15 is 0 Å². The minimum absolute atomic E-state index is 0.736. The number of hydrogen-bond donors (Lipinski definition) is 2. The molecule has 2 heterocycles. The van der Waals surface area contributed by atoms with Crippen molar-refractivity contribution in [3.8, 4) is 0 Å². The highest BCUT2D eigenvalue weighted by molar-refractivity contribution is 9.10. The predicted molar refractivity (Wildman–Crippen MR) is 70.8 cm³/mol. The number of aryl methyl sites for hydroxylation is 1. The van der Waals surface area contributed by atoms with Crippen molar-refractivity contribution >= 4 is 21.7 Å². The SMILES string of the molecule is Cc1cc(NCC2CCCNC2)ncc1Br. The molecule has 0 radical (unpaired) electrons. The summed E-state index contributed by atoms with van der Waals surface area (Å²) in [7, 11) is 0. The molecule has 2 N–H and O–H groups in total. The zero-order valence-electron chi connectivity index (χ0n) is 9.59. The second-order valence-corrected chi connectivity index (χ2v) is 5.27. The third kappa shape index (κ3) is 3.19. The maximum absolute atomic E-state index is 4.35. The molecule has 1 fully saturated rings. The van der Waals surface area contributed by atoms with E-state index in [1.807, 2.05) is 6.20 Å². The van der Waals surface area contributed by atoms with Gasteiger partial charge in [-0.05, 0) is 66.3 Å². The van der Waals surface area contributed by atoms with Gasteiger partial charge in [-0.25, -0.2) is 4.98 Å². The van der Waals surface area contributed by atoms with Crippen molar-refractivity contribution in [2.45, 2.75) is 19.8 Å². The fourth-order valence-corrected chi connectivity index (χ4v) is 2.20. The van der Waals surface area contributed by atoms with Crippen molar-refractivity contribution in [1.29, 1.82) is 0 Å². The van der Waals surface area contributed by atoms with E-state index in [0.29, 0.717) is 0 Å². The maximum atomic E-state index is 4.35. The molecule has 1 aliphatic rings. The van der Waals surface area contributed by atoms with Gasteiger partial charge in [0, 0.05) is 17.2 Å². The fourth-order valence-electron chi connectivity index (χ4n) is 1.98. The van der Waals surface area contributed by atoms with Crippen LogP contribution in [-0.2, 0) is 0 Å². The summed E-state index contributed by atoms with van der Waals surface area (Å²) >= 11 is 3.46. The Morgan fingerprint density at radius 3 is 3.19 bits per heavy atom. The average molecular weight is 284 g/mol. The van der Waals surface area contributed by atoms with Gasteiger partial charge in [0.25, 0.3) is 0 Å². The summed E-state index contributed by atoms with van der Waals surface area (Å²) in [4.78, 5) is 4.35. The van der Waals surface area contributed by atoms with Crippen LogP contribution in [0.25, 0.3) is 0 Å². The topological polar surface area (TPSA) is 37.0 Å². The van der Waals surface area contributed by atoms with Crippen LogP contribution in [0.1, 0.15) is 18.4 Å². The molecule has 0 saturated carbocycles. The number of pyridine rings is 1. The second kappa shape index (κ2) is 5.64. The molecule has 1 aromatic rings. The van der Waals surface area contributed by atoms with Crippen LogP contribution in [-0.4, -0.2) is 24.6 Å². The van der Waals surface area contributed by atoms with Crippen molar-refractivity contribution in [1.82, 2.24) is 10.3 Å². The average Bonchev–Trinajstić information content (AvgIpc) is 2.32. The Bertz CT molecular complexity index is 348. The Kier molecular flexibility index (Phi) is 4.18. The van der Waals surface area contributed by atoms with Gasteiger partial charge in [0.15, 0.2) is 0 Å². The van der Waals surface area contributed by atoms with Crippen molar-refractivity contribution in [3.05, 3.63) is 22.3 Å². The zero-order chi connectivity index (χ0) is 11.4. The van der Waals surface area contributed by atoms with Crippen LogP contribution < -0.4 is 10.6 Å². The number of halogens is 1. The summed E-state index contributed by atoms with van der Waals surface area (Å²) in [6.45, 7) is 5.40. The Hall–Kier alpha value is -0.610. The van der Waals surface area contributed by atoms with E-state index in [9.17, 15) is 0 Å². The molecular weight excluding hydrogens is 266 g/mol. The maximum Gasteiger partial charge on any atom is 0.126 e. The minimum Gasteiger partial charge on any atom is -0.370 e. The van der Waals surface area contributed by atoms with Crippen LogP contribution in [0.5, 0.6) is 0 Å². The molecule has 1 aromatic heterocycles. The minimum atomic E-state index is 0.736. The first-order chi connectivity index (χ1) is 7.75. The van der Waals surface area contributed by atoms with Crippen LogP contribution in [0.15, 0.2) is 16.7 Å². The van der Waals surface area contributed by atoms with Crippen LogP contribution in [0, 0.1) is 12.8 Å². The van der Waals surface area contributed by atoms with Gasteiger partial charge in [-0.15, -0.1) is 0 Å². The molecule has 2 rings (SSSR count). The lowest BCUT2D eigenvalue weighted by Gasteiger charge is -2.23. The van der Waals surface area contributed by atoms with Crippen LogP contribution in [0.3, 0.4) is 0 Å². The Morgan fingerprint density at radius 2 is 2.50 bits per heavy atom. The predicted octanol–water partition coefficient (Wildman–Crippen LogP) is 2.56. The fraction of sp³-hybridized carbons (Fsp3) is 0.583. The normalized spacial score (nSPS) is 20.8. The molecule has 0 amide bonds. The number of hydrogen-bond acceptors (Lipinski definition) is 3. The Morgan fingerprint density at radius 1 is 1.62 bits per heavy atom.